The number of hydrogen-bond donors (Lipinski definition) is 1. The fraction of sp³-hybridized carbons (Fsp3) is 0.167. The van der Waals surface area contributed by atoms with Crippen LogP contribution in [0.5, 0.6) is 17.4 Å². The normalized spacial score (nSPS) is 12.1. The summed E-state index contributed by atoms with van der Waals surface area (Å²) >= 11 is 0. The fourth-order valence-corrected chi connectivity index (χ4v) is 2.18. The summed E-state index contributed by atoms with van der Waals surface area (Å²) in [6.07, 6.45) is -4.23. The van der Waals surface area contributed by atoms with Crippen LogP contribution < -0.4 is 9.47 Å². The number of nitrogens with zero attached hydrogens (tertiary/aromatic N) is 2. The maximum Gasteiger partial charge on any atom is 0.416 e. The number of hydrogen-bond acceptors (Lipinski definition) is 5. The van der Waals surface area contributed by atoms with E-state index in [1.165, 1.54) is 31.3 Å². The van der Waals surface area contributed by atoms with Crippen molar-refractivity contribution in [3.8, 4) is 17.4 Å². The lowest BCUT2D eigenvalue weighted by atomic mass is 10.2. The number of carboxylic acids is 1. The molecule has 0 bridgehead atoms. The molecule has 1 aromatic heterocycles. The van der Waals surface area contributed by atoms with E-state index in [0.29, 0.717) is 11.5 Å². The average Bonchev–Trinajstić information content (AvgIpc) is 2.62. The molecule has 0 saturated carbocycles. The van der Waals surface area contributed by atoms with Crippen LogP contribution in [-0.2, 0) is 11.0 Å². The van der Waals surface area contributed by atoms with E-state index < -0.39 is 23.8 Å². The van der Waals surface area contributed by atoms with Gasteiger partial charge in [-0.15, -0.1) is 12.4 Å². The van der Waals surface area contributed by atoms with Gasteiger partial charge in [-0.2, -0.15) is 13.2 Å². The van der Waals surface area contributed by atoms with Crippen LogP contribution in [0.2, 0.25) is 0 Å². The van der Waals surface area contributed by atoms with Crippen LogP contribution in [-0.4, -0.2) is 27.1 Å². The number of carbonyl (C=O) groups is 1. The molecule has 0 aliphatic carbocycles. The number of alkyl halides is 3. The van der Waals surface area contributed by atoms with Crippen molar-refractivity contribution in [2.24, 2.45) is 0 Å². The van der Waals surface area contributed by atoms with Crippen molar-refractivity contribution in [1.82, 2.24) is 9.97 Å². The Balaban J connectivity index is 0.00000280. The predicted octanol–water partition coefficient (Wildman–Crippen LogP) is 4.71. The molecule has 6 nitrogen and oxygen atoms in total. The van der Waals surface area contributed by atoms with Crippen LogP contribution in [0, 0.1) is 0 Å². The smallest absolute Gasteiger partial charge is 0.416 e. The number of aliphatic carboxylic acids is 1. The largest absolute Gasteiger partial charge is 0.479 e. The molecule has 0 saturated heterocycles. The minimum Gasteiger partial charge on any atom is -0.479 e. The Hall–Kier alpha value is -3.07. The summed E-state index contributed by atoms with van der Waals surface area (Å²) in [5, 5.41) is 8.81. The lowest BCUT2D eigenvalue weighted by Gasteiger charge is -2.11. The summed E-state index contributed by atoms with van der Waals surface area (Å²) < 4.78 is 48.9. The number of ether oxygens (including phenoxy) is 2. The van der Waals surface area contributed by atoms with Gasteiger partial charge in [-0.1, -0.05) is 0 Å². The van der Waals surface area contributed by atoms with Crippen molar-refractivity contribution in [3.63, 3.8) is 0 Å². The molecular weight excluding hydrogens is 401 g/mol. The van der Waals surface area contributed by atoms with E-state index in [9.17, 15) is 18.0 Å². The second-order valence-electron chi connectivity index (χ2n) is 5.58. The van der Waals surface area contributed by atoms with Crippen molar-refractivity contribution in [2.75, 3.05) is 0 Å². The molecule has 10 heteroatoms. The zero-order chi connectivity index (χ0) is 19.6. The van der Waals surface area contributed by atoms with E-state index in [1.54, 1.807) is 12.1 Å². The van der Waals surface area contributed by atoms with E-state index in [0.717, 1.165) is 12.1 Å². The third-order valence-corrected chi connectivity index (χ3v) is 3.55. The molecule has 0 fully saturated rings. The molecule has 28 heavy (non-hydrogen) atoms. The highest BCUT2D eigenvalue weighted by Crippen LogP contribution is 2.31. The molecule has 1 heterocycles. The third-order valence-electron chi connectivity index (χ3n) is 3.55. The summed E-state index contributed by atoms with van der Waals surface area (Å²) in [7, 11) is 0. The number of rotatable bonds is 5. The molecule has 0 spiro atoms. The third kappa shape index (κ3) is 5.01. The second kappa shape index (κ2) is 8.30. The van der Waals surface area contributed by atoms with Gasteiger partial charge in [0, 0.05) is 0 Å². The number of aromatic nitrogens is 2. The quantitative estimate of drug-likeness (QED) is 0.651. The van der Waals surface area contributed by atoms with Gasteiger partial charge in [0.2, 0.25) is 5.88 Å². The van der Waals surface area contributed by atoms with Crippen LogP contribution in [0.25, 0.3) is 11.0 Å². The molecule has 0 amide bonds. The van der Waals surface area contributed by atoms with Crippen molar-refractivity contribution < 1.29 is 32.5 Å². The first-order valence-electron chi connectivity index (χ1n) is 7.74. The molecule has 0 radical (unpaired) electrons. The van der Waals surface area contributed by atoms with E-state index in [-0.39, 0.29) is 29.3 Å². The summed E-state index contributed by atoms with van der Waals surface area (Å²) in [6, 6.07) is 9.21. The number of benzene rings is 2. The Morgan fingerprint density at radius 3 is 2.32 bits per heavy atom. The van der Waals surface area contributed by atoms with E-state index >= 15 is 0 Å². The van der Waals surface area contributed by atoms with Gasteiger partial charge in [-0.3, -0.25) is 0 Å². The molecule has 0 aliphatic heterocycles. The van der Waals surface area contributed by atoms with Gasteiger partial charge in [0.25, 0.3) is 0 Å². The molecule has 1 N–H and O–H groups in total. The molecule has 1 unspecified atom stereocenters. The van der Waals surface area contributed by atoms with Crippen molar-refractivity contribution >= 4 is 29.4 Å². The highest BCUT2D eigenvalue weighted by Gasteiger charge is 2.30. The first kappa shape index (κ1) is 21.2. The zero-order valence-corrected chi connectivity index (χ0v) is 15.1. The van der Waals surface area contributed by atoms with Crippen LogP contribution in [0.15, 0.2) is 48.7 Å². The second-order valence-corrected chi connectivity index (χ2v) is 5.58. The Morgan fingerprint density at radius 1 is 1.07 bits per heavy atom. The molecular formula is C18H14ClF3N2O4. The Kier molecular flexibility index (Phi) is 6.30. The first-order chi connectivity index (χ1) is 12.7. The van der Waals surface area contributed by atoms with Crippen molar-refractivity contribution in [2.45, 2.75) is 19.2 Å². The minimum absolute atomic E-state index is 0. The maximum atomic E-state index is 12.7. The molecule has 3 aromatic rings. The van der Waals surface area contributed by atoms with Gasteiger partial charge in [-0.25, -0.2) is 14.8 Å². The van der Waals surface area contributed by atoms with Crippen molar-refractivity contribution in [3.05, 3.63) is 54.2 Å². The highest BCUT2D eigenvalue weighted by molar-refractivity contribution is 5.85. The monoisotopic (exact) mass is 414 g/mol. The van der Waals surface area contributed by atoms with E-state index in [4.69, 9.17) is 14.6 Å². The van der Waals surface area contributed by atoms with Crippen LogP contribution in [0.3, 0.4) is 0 Å². The van der Waals surface area contributed by atoms with Crippen LogP contribution in [0.4, 0.5) is 13.2 Å². The highest BCUT2D eigenvalue weighted by atomic mass is 35.5. The SMILES string of the molecule is CC(Oc1ccc(Oc2cnc3cc(C(F)(F)F)ccc3n2)cc1)C(=O)O.Cl. The number of halogens is 4. The lowest BCUT2D eigenvalue weighted by molar-refractivity contribution is -0.144. The van der Waals surface area contributed by atoms with E-state index in [1.807, 2.05) is 0 Å². The van der Waals surface area contributed by atoms with Crippen LogP contribution >= 0.6 is 12.4 Å². The minimum atomic E-state index is -4.45. The Bertz CT molecular complexity index is 981. The van der Waals surface area contributed by atoms with Gasteiger partial charge < -0.3 is 14.6 Å². The summed E-state index contributed by atoms with van der Waals surface area (Å²) in [4.78, 5) is 18.8. The maximum absolute atomic E-state index is 12.7. The van der Waals surface area contributed by atoms with Gasteiger partial charge in [0.05, 0.1) is 22.8 Å². The van der Waals surface area contributed by atoms with Gasteiger partial charge >= 0.3 is 12.1 Å². The lowest BCUT2D eigenvalue weighted by Crippen LogP contribution is -2.22. The van der Waals surface area contributed by atoms with Gasteiger partial charge in [-0.05, 0) is 49.4 Å². The standard InChI is InChI=1S/C18H13F3N2O4.ClH/c1-10(17(24)25)26-12-3-5-13(6-4-12)27-16-9-22-15-8-11(18(19,20)21)2-7-14(15)23-16;/h2-10H,1H3,(H,24,25);1H. The summed E-state index contributed by atoms with van der Waals surface area (Å²) in [5.74, 6) is -0.252. The molecule has 1 atom stereocenters. The number of fused-ring (bicyclic) bond motifs is 1. The van der Waals surface area contributed by atoms with Crippen molar-refractivity contribution in [1.29, 1.82) is 0 Å². The predicted molar refractivity (Wildman–Crippen MR) is 96.0 cm³/mol. The van der Waals surface area contributed by atoms with E-state index in [2.05, 4.69) is 9.97 Å². The molecule has 0 aliphatic rings. The summed E-state index contributed by atoms with van der Waals surface area (Å²) in [5.41, 5.74) is -0.441. The van der Waals surface area contributed by atoms with Crippen LogP contribution in [0.1, 0.15) is 12.5 Å². The Morgan fingerprint density at radius 2 is 1.71 bits per heavy atom. The first-order valence-corrected chi connectivity index (χ1v) is 7.74. The topological polar surface area (TPSA) is 81.5 Å². The van der Waals surface area contributed by atoms with Gasteiger partial charge in [0.15, 0.2) is 6.10 Å². The molecule has 3 rings (SSSR count). The molecule has 2 aromatic carbocycles. The molecule has 148 valence electrons. The Labute approximate surface area is 163 Å². The average molecular weight is 415 g/mol. The zero-order valence-electron chi connectivity index (χ0n) is 14.3. The fourth-order valence-electron chi connectivity index (χ4n) is 2.18. The van der Waals surface area contributed by atoms with Gasteiger partial charge in [0.1, 0.15) is 11.5 Å². The number of carboxylic acid groups (broad SMARTS) is 1. The summed E-state index contributed by atoms with van der Waals surface area (Å²) in [6.45, 7) is 1.40.